The molecule has 16 heavy (non-hydrogen) atoms. The lowest BCUT2D eigenvalue weighted by molar-refractivity contribution is -0.107. The Morgan fingerprint density at radius 1 is 1.31 bits per heavy atom. The average molecular weight is 226 g/mol. The topological polar surface area (TPSA) is 20.2 Å². The first kappa shape index (κ1) is 12.8. The minimum Gasteiger partial charge on any atom is -0.387 e. The highest BCUT2D eigenvalue weighted by Gasteiger charge is 2.36. The molecule has 1 rings (SSSR count). The van der Waals surface area contributed by atoms with Crippen LogP contribution in [0.5, 0.6) is 0 Å². The molecule has 0 aliphatic heterocycles. The van der Waals surface area contributed by atoms with Crippen molar-refractivity contribution < 1.29 is 13.9 Å². The SMILES string of the molecule is C=CCC(F)(F)C(O)CCc1ccccc1. The molecule has 1 aromatic carbocycles. The fraction of sp³-hybridized carbons (Fsp3) is 0.385. The van der Waals surface area contributed by atoms with Gasteiger partial charge in [-0.25, -0.2) is 8.78 Å². The molecular weight excluding hydrogens is 210 g/mol. The third-order valence-corrected chi connectivity index (χ3v) is 2.45. The standard InChI is InChI=1S/C13H16F2O/c1-2-10-13(14,15)12(16)9-8-11-6-4-3-5-7-11/h2-7,12,16H,1,8-10H2. The molecule has 0 fully saturated rings. The molecule has 0 amide bonds. The van der Waals surface area contributed by atoms with Gasteiger partial charge in [-0.1, -0.05) is 36.4 Å². The van der Waals surface area contributed by atoms with Crippen LogP contribution in [0.2, 0.25) is 0 Å². The summed E-state index contributed by atoms with van der Waals surface area (Å²) in [6, 6.07) is 9.29. The van der Waals surface area contributed by atoms with Gasteiger partial charge in [0.2, 0.25) is 0 Å². The number of halogens is 2. The summed E-state index contributed by atoms with van der Waals surface area (Å²) in [5.74, 6) is -3.07. The number of hydrogen-bond donors (Lipinski definition) is 1. The van der Waals surface area contributed by atoms with Crippen LogP contribution in [0.4, 0.5) is 8.78 Å². The minimum atomic E-state index is -3.07. The molecule has 0 bridgehead atoms. The first-order chi connectivity index (χ1) is 7.56. The number of aryl methyl sites for hydroxylation is 1. The summed E-state index contributed by atoms with van der Waals surface area (Å²) in [5.41, 5.74) is 0.955. The number of allylic oxidation sites excluding steroid dienone is 1. The first-order valence-electron chi connectivity index (χ1n) is 5.27. The number of alkyl halides is 2. The van der Waals surface area contributed by atoms with Crippen molar-refractivity contribution in [3.8, 4) is 0 Å². The second kappa shape index (κ2) is 5.75. The molecule has 0 aliphatic rings. The van der Waals surface area contributed by atoms with E-state index in [0.29, 0.717) is 6.42 Å². The third kappa shape index (κ3) is 3.74. The van der Waals surface area contributed by atoms with Gasteiger partial charge in [0, 0.05) is 6.42 Å². The average Bonchev–Trinajstić information content (AvgIpc) is 2.27. The van der Waals surface area contributed by atoms with Crippen molar-refractivity contribution in [3.05, 3.63) is 48.6 Å². The summed E-state index contributed by atoms with van der Waals surface area (Å²) < 4.78 is 26.4. The van der Waals surface area contributed by atoms with Gasteiger partial charge in [-0.3, -0.25) is 0 Å². The van der Waals surface area contributed by atoms with Crippen LogP contribution in [0, 0.1) is 0 Å². The van der Waals surface area contributed by atoms with Gasteiger partial charge in [-0.2, -0.15) is 0 Å². The maximum Gasteiger partial charge on any atom is 0.276 e. The molecule has 1 N–H and O–H groups in total. The summed E-state index contributed by atoms with van der Waals surface area (Å²) >= 11 is 0. The highest BCUT2D eigenvalue weighted by molar-refractivity contribution is 5.14. The molecule has 1 unspecified atom stereocenters. The maximum atomic E-state index is 13.2. The van der Waals surface area contributed by atoms with E-state index in [-0.39, 0.29) is 6.42 Å². The van der Waals surface area contributed by atoms with Gasteiger partial charge in [0.05, 0.1) is 0 Å². The second-order valence-electron chi connectivity index (χ2n) is 3.79. The smallest absolute Gasteiger partial charge is 0.276 e. The van der Waals surface area contributed by atoms with Crippen molar-refractivity contribution in [2.75, 3.05) is 0 Å². The molecule has 0 heterocycles. The van der Waals surface area contributed by atoms with Crippen LogP contribution in [0.1, 0.15) is 18.4 Å². The van der Waals surface area contributed by atoms with E-state index >= 15 is 0 Å². The summed E-state index contributed by atoms with van der Waals surface area (Å²) in [4.78, 5) is 0. The zero-order valence-electron chi connectivity index (χ0n) is 9.07. The van der Waals surface area contributed by atoms with Gasteiger partial charge < -0.3 is 5.11 Å². The van der Waals surface area contributed by atoms with Crippen molar-refractivity contribution >= 4 is 0 Å². The summed E-state index contributed by atoms with van der Waals surface area (Å²) in [5, 5.41) is 9.37. The zero-order valence-corrected chi connectivity index (χ0v) is 9.07. The van der Waals surface area contributed by atoms with Gasteiger partial charge in [-0.15, -0.1) is 6.58 Å². The number of benzene rings is 1. The Balaban J connectivity index is 2.46. The molecule has 0 aliphatic carbocycles. The highest BCUT2D eigenvalue weighted by atomic mass is 19.3. The van der Waals surface area contributed by atoms with E-state index < -0.39 is 18.4 Å². The predicted molar refractivity (Wildman–Crippen MR) is 60.5 cm³/mol. The van der Waals surface area contributed by atoms with E-state index in [4.69, 9.17) is 0 Å². The quantitative estimate of drug-likeness (QED) is 0.738. The van der Waals surface area contributed by atoms with Crippen LogP contribution in [0.15, 0.2) is 43.0 Å². The fourth-order valence-corrected chi connectivity index (χ4v) is 1.49. The minimum absolute atomic E-state index is 0.0604. The molecule has 1 nitrogen and oxygen atoms in total. The van der Waals surface area contributed by atoms with E-state index in [0.717, 1.165) is 11.6 Å². The van der Waals surface area contributed by atoms with Gasteiger partial charge in [0.1, 0.15) is 6.10 Å². The summed E-state index contributed by atoms with van der Waals surface area (Å²) in [6.45, 7) is 3.26. The van der Waals surface area contributed by atoms with Gasteiger partial charge in [0.15, 0.2) is 0 Å². The maximum absolute atomic E-state index is 13.2. The van der Waals surface area contributed by atoms with Crippen LogP contribution < -0.4 is 0 Å². The van der Waals surface area contributed by atoms with Crippen molar-refractivity contribution in [2.24, 2.45) is 0 Å². The molecule has 3 heteroatoms. The fourth-order valence-electron chi connectivity index (χ4n) is 1.49. The van der Waals surface area contributed by atoms with E-state index in [9.17, 15) is 13.9 Å². The van der Waals surface area contributed by atoms with Gasteiger partial charge in [-0.05, 0) is 18.4 Å². The molecule has 0 saturated heterocycles. The Kier molecular flexibility index (Phi) is 4.62. The third-order valence-electron chi connectivity index (χ3n) is 2.45. The van der Waals surface area contributed by atoms with E-state index in [1.165, 1.54) is 0 Å². The van der Waals surface area contributed by atoms with Crippen molar-refractivity contribution in [1.29, 1.82) is 0 Å². The highest BCUT2D eigenvalue weighted by Crippen LogP contribution is 2.26. The predicted octanol–water partition coefficient (Wildman–Crippen LogP) is 3.19. The Morgan fingerprint density at radius 3 is 2.50 bits per heavy atom. The zero-order chi connectivity index (χ0) is 12.0. The van der Waals surface area contributed by atoms with Crippen LogP contribution in [-0.4, -0.2) is 17.1 Å². The Bertz CT molecular complexity index is 322. The summed E-state index contributed by atoms with van der Waals surface area (Å²) in [7, 11) is 0. The van der Waals surface area contributed by atoms with Crippen molar-refractivity contribution in [1.82, 2.24) is 0 Å². The lowest BCUT2D eigenvalue weighted by Gasteiger charge is -2.21. The van der Waals surface area contributed by atoms with Crippen LogP contribution in [0.25, 0.3) is 0 Å². The molecule has 88 valence electrons. The lowest BCUT2D eigenvalue weighted by Crippen LogP contribution is -2.33. The molecular formula is C13H16F2O. The second-order valence-corrected chi connectivity index (χ2v) is 3.79. The number of hydrogen-bond acceptors (Lipinski definition) is 1. The lowest BCUT2D eigenvalue weighted by atomic mass is 10.0. The van der Waals surface area contributed by atoms with Crippen molar-refractivity contribution in [2.45, 2.75) is 31.3 Å². The normalized spacial score (nSPS) is 13.4. The number of rotatable bonds is 6. The van der Waals surface area contributed by atoms with Crippen LogP contribution in [-0.2, 0) is 6.42 Å². The molecule has 0 aromatic heterocycles. The molecule has 0 radical (unpaired) electrons. The Labute approximate surface area is 94.4 Å². The first-order valence-corrected chi connectivity index (χ1v) is 5.27. The van der Waals surface area contributed by atoms with E-state index in [1.807, 2.05) is 30.3 Å². The van der Waals surface area contributed by atoms with Crippen molar-refractivity contribution in [3.63, 3.8) is 0 Å². The number of aliphatic hydroxyl groups excluding tert-OH is 1. The molecule has 1 atom stereocenters. The summed E-state index contributed by atoms with van der Waals surface area (Å²) in [6.07, 6.45) is -0.445. The van der Waals surface area contributed by atoms with Gasteiger partial charge >= 0.3 is 0 Å². The monoisotopic (exact) mass is 226 g/mol. The molecule has 0 spiro atoms. The van der Waals surface area contributed by atoms with Crippen LogP contribution in [0.3, 0.4) is 0 Å². The van der Waals surface area contributed by atoms with E-state index in [2.05, 4.69) is 6.58 Å². The molecule has 1 aromatic rings. The van der Waals surface area contributed by atoms with Crippen LogP contribution >= 0.6 is 0 Å². The van der Waals surface area contributed by atoms with Gasteiger partial charge in [0.25, 0.3) is 5.92 Å². The molecule has 0 saturated carbocycles. The number of aliphatic hydroxyl groups is 1. The largest absolute Gasteiger partial charge is 0.387 e. The Morgan fingerprint density at radius 2 is 1.94 bits per heavy atom. The van der Waals surface area contributed by atoms with E-state index in [1.54, 1.807) is 0 Å². The Hall–Kier alpha value is -1.22.